The van der Waals surface area contributed by atoms with Crippen molar-refractivity contribution >= 4 is 6.29 Å². The Kier molecular flexibility index (Phi) is 4.53. The molecule has 1 N–H and O–H groups in total. The summed E-state index contributed by atoms with van der Waals surface area (Å²) in [6.07, 6.45) is 1.95. The molecule has 0 radical (unpaired) electrons. The fraction of sp³-hybridized carbons (Fsp3) is 0.462. The smallest absolute Gasteiger partial charge is 0.150 e. The normalized spacial score (nSPS) is 19.9. The predicted molar refractivity (Wildman–Crippen MR) is 64.6 cm³/mol. The molecule has 1 aliphatic heterocycles. The zero-order valence-electron chi connectivity index (χ0n) is 9.72. The molecule has 0 aliphatic carbocycles. The second-order valence-corrected chi connectivity index (χ2v) is 4.02. The molecular formula is C13H17NO3. The van der Waals surface area contributed by atoms with Crippen LogP contribution >= 0.6 is 0 Å². The molecule has 1 aliphatic rings. The van der Waals surface area contributed by atoms with Gasteiger partial charge in [0.15, 0.2) is 0 Å². The van der Waals surface area contributed by atoms with E-state index in [0.717, 1.165) is 38.2 Å². The Hall–Kier alpha value is -1.39. The van der Waals surface area contributed by atoms with Gasteiger partial charge in [0.1, 0.15) is 12.0 Å². The predicted octanol–water partition coefficient (Wildman–Crippen LogP) is 1.26. The Morgan fingerprint density at radius 3 is 2.88 bits per heavy atom. The van der Waals surface area contributed by atoms with Crippen molar-refractivity contribution in [2.45, 2.75) is 12.5 Å². The van der Waals surface area contributed by atoms with Gasteiger partial charge in [-0.15, -0.1) is 0 Å². The van der Waals surface area contributed by atoms with E-state index in [1.54, 1.807) is 12.1 Å². The molecule has 1 aromatic rings. The molecule has 2 rings (SSSR count). The summed E-state index contributed by atoms with van der Waals surface area (Å²) in [5, 5.41) is 3.28. The zero-order valence-corrected chi connectivity index (χ0v) is 9.72. The Labute approximate surface area is 101 Å². The number of benzene rings is 1. The molecular weight excluding hydrogens is 218 g/mol. The maximum Gasteiger partial charge on any atom is 0.150 e. The lowest BCUT2D eigenvalue weighted by atomic mass is 10.2. The molecule has 0 bridgehead atoms. The highest BCUT2D eigenvalue weighted by Crippen LogP contribution is 2.12. The van der Waals surface area contributed by atoms with Crippen molar-refractivity contribution in [1.82, 2.24) is 5.32 Å². The van der Waals surface area contributed by atoms with Gasteiger partial charge in [0, 0.05) is 25.1 Å². The fourth-order valence-electron chi connectivity index (χ4n) is 1.76. The van der Waals surface area contributed by atoms with Crippen LogP contribution in [0.3, 0.4) is 0 Å². The summed E-state index contributed by atoms with van der Waals surface area (Å²) in [5.41, 5.74) is 0.664. The number of carbonyl (C=O) groups excluding carboxylic acids is 1. The van der Waals surface area contributed by atoms with Crippen LogP contribution in [0.5, 0.6) is 5.75 Å². The molecule has 0 amide bonds. The first-order valence-corrected chi connectivity index (χ1v) is 5.89. The number of hydrogen-bond acceptors (Lipinski definition) is 4. The first-order chi connectivity index (χ1) is 8.38. The van der Waals surface area contributed by atoms with Crippen molar-refractivity contribution in [1.29, 1.82) is 0 Å². The van der Waals surface area contributed by atoms with Gasteiger partial charge in [-0.1, -0.05) is 0 Å². The molecule has 1 aromatic carbocycles. The highest BCUT2D eigenvalue weighted by Gasteiger charge is 2.12. The molecule has 4 heteroatoms. The Bertz CT molecular complexity index is 344. The zero-order chi connectivity index (χ0) is 11.9. The van der Waals surface area contributed by atoms with Crippen LogP contribution in [0.1, 0.15) is 16.8 Å². The SMILES string of the molecule is O=Cc1ccc(OCCC2CNCCO2)cc1. The van der Waals surface area contributed by atoms with Crippen LogP contribution in [0, 0.1) is 0 Å². The van der Waals surface area contributed by atoms with Gasteiger partial charge >= 0.3 is 0 Å². The van der Waals surface area contributed by atoms with Crippen LogP contribution in [0.25, 0.3) is 0 Å². The summed E-state index contributed by atoms with van der Waals surface area (Å²) in [7, 11) is 0. The number of morpholine rings is 1. The minimum atomic E-state index is 0.248. The summed E-state index contributed by atoms with van der Waals surface area (Å²) in [4.78, 5) is 10.5. The molecule has 1 fully saturated rings. The average molecular weight is 235 g/mol. The van der Waals surface area contributed by atoms with Crippen LogP contribution in [-0.4, -0.2) is 38.7 Å². The average Bonchev–Trinajstić information content (AvgIpc) is 2.41. The second kappa shape index (κ2) is 6.37. The van der Waals surface area contributed by atoms with Gasteiger partial charge < -0.3 is 14.8 Å². The van der Waals surface area contributed by atoms with Gasteiger partial charge in [-0.2, -0.15) is 0 Å². The van der Waals surface area contributed by atoms with Gasteiger partial charge in [0.25, 0.3) is 0 Å². The monoisotopic (exact) mass is 235 g/mol. The van der Waals surface area contributed by atoms with E-state index in [0.29, 0.717) is 12.2 Å². The van der Waals surface area contributed by atoms with E-state index < -0.39 is 0 Å². The molecule has 92 valence electrons. The lowest BCUT2D eigenvalue weighted by Gasteiger charge is -2.23. The molecule has 1 heterocycles. The number of carbonyl (C=O) groups is 1. The largest absolute Gasteiger partial charge is 0.493 e. The van der Waals surface area contributed by atoms with Crippen LogP contribution in [0.15, 0.2) is 24.3 Å². The molecule has 1 saturated heterocycles. The minimum absolute atomic E-state index is 0.248. The Balaban J connectivity index is 1.71. The van der Waals surface area contributed by atoms with E-state index >= 15 is 0 Å². The summed E-state index contributed by atoms with van der Waals surface area (Å²) in [5.74, 6) is 0.791. The van der Waals surface area contributed by atoms with E-state index in [9.17, 15) is 4.79 Å². The lowest BCUT2D eigenvalue weighted by molar-refractivity contribution is 0.0159. The van der Waals surface area contributed by atoms with Gasteiger partial charge in [-0.3, -0.25) is 4.79 Å². The molecule has 0 saturated carbocycles. The van der Waals surface area contributed by atoms with Crippen LogP contribution in [0.2, 0.25) is 0 Å². The molecule has 1 atom stereocenters. The number of ether oxygens (including phenoxy) is 2. The molecule has 4 nitrogen and oxygen atoms in total. The third-order valence-corrected chi connectivity index (χ3v) is 2.73. The van der Waals surface area contributed by atoms with Crippen molar-refractivity contribution in [3.63, 3.8) is 0 Å². The highest BCUT2D eigenvalue weighted by atomic mass is 16.5. The molecule has 1 unspecified atom stereocenters. The maximum absolute atomic E-state index is 10.5. The van der Waals surface area contributed by atoms with Crippen LogP contribution in [0.4, 0.5) is 0 Å². The lowest BCUT2D eigenvalue weighted by Crippen LogP contribution is -2.39. The molecule has 0 aromatic heterocycles. The maximum atomic E-state index is 10.5. The van der Waals surface area contributed by atoms with Crippen LogP contribution < -0.4 is 10.1 Å². The van der Waals surface area contributed by atoms with E-state index in [1.807, 2.05) is 12.1 Å². The van der Waals surface area contributed by atoms with Gasteiger partial charge in [-0.25, -0.2) is 0 Å². The Morgan fingerprint density at radius 2 is 2.24 bits per heavy atom. The van der Waals surface area contributed by atoms with Crippen molar-refractivity contribution in [2.75, 3.05) is 26.3 Å². The van der Waals surface area contributed by atoms with E-state index in [-0.39, 0.29) is 6.10 Å². The number of nitrogens with one attached hydrogen (secondary N) is 1. The van der Waals surface area contributed by atoms with Crippen molar-refractivity contribution in [3.05, 3.63) is 29.8 Å². The van der Waals surface area contributed by atoms with Crippen LogP contribution in [-0.2, 0) is 4.74 Å². The first-order valence-electron chi connectivity index (χ1n) is 5.89. The topological polar surface area (TPSA) is 47.6 Å². The van der Waals surface area contributed by atoms with Crippen molar-refractivity contribution in [2.24, 2.45) is 0 Å². The van der Waals surface area contributed by atoms with Crippen molar-refractivity contribution in [3.8, 4) is 5.75 Å². The van der Waals surface area contributed by atoms with Gasteiger partial charge in [0.2, 0.25) is 0 Å². The summed E-state index contributed by atoms with van der Waals surface area (Å²) < 4.78 is 11.1. The standard InChI is InChI=1S/C13H17NO3/c15-10-11-1-3-12(4-2-11)16-7-5-13-9-14-6-8-17-13/h1-4,10,13-14H,5-9H2. The number of rotatable bonds is 5. The summed E-state index contributed by atoms with van der Waals surface area (Å²) >= 11 is 0. The summed E-state index contributed by atoms with van der Waals surface area (Å²) in [6.45, 7) is 3.24. The minimum Gasteiger partial charge on any atom is -0.493 e. The Morgan fingerprint density at radius 1 is 1.41 bits per heavy atom. The van der Waals surface area contributed by atoms with Gasteiger partial charge in [-0.05, 0) is 24.3 Å². The quantitative estimate of drug-likeness (QED) is 0.780. The van der Waals surface area contributed by atoms with E-state index in [1.165, 1.54) is 0 Å². The third kappa shape index (κ3) is 3.84. The number of hydrogen-bond donors (Lipinski definition) is 1. The summed E-state index contributed by atoms with van der Waals surface area (Å²) in [6, 6.07) is 7.12. The fourth-order valence-corrected chi connectivity index (χ4v) is 1.76. The second-order valence-electron chi connectivity index (χ2n) is 4.02. The van der Waals surface area contributed by atoms with Gasteiger partial charge in [0.05, 0.1) is 19.3 Å². The number of aldehydes is 1. The van der Waals surface area contributed by atoms with E-state index in [4.69, 9.17) is 9.47 Å². The van der Waals surface area contributed by atoms with Crippen molar-refractivity contribution < 1.29 is 14.3 Å². The highest BCUT2D eigenvalue weighted by molar-refractivity contribution is 5.74. The molecule has 0 spiro atoms. The third-order valence-electron chi connectivity index (χ3n) is 2.73. The first kappa shape index (κ1) is 12.1. The molecule has 17 heavy (non-hydrogen) atoms. The van der Waals surface area contributed by atoms with E-state index in [2.05, 4.69) is 5.32 Å².